The van der Waals surface area contributed by atoms with Crippen LogP contribution in [0.1, 0.15) is 0 Å². The summed E-state index contributed by atoms with van der Waals surface area (Å²) in [7, 11) is 0.0197. The summed E-state index contributed by atoms with van der Waals surface area (Å²) >= 11 is 0. The minimum Gasteiger partial charge on any atom is -0.348 e. The molecular weight excluding hydrogens is 358 g/mol. The minimum atomic E-state index is -1.78. The maximum absolute atomic E-state index is 5.72. The Hall–Kier alpha value is -1.37. The molecule has 3 aromatic carbocycles. The Labute approximate surface area is 157 Å². The van der Waals surface area contributed by atoms with Gasteiger partial charge in [0.1, 0.15) is 23.2 Å². The average Bonchev–Trinajstić information content (AvgIpc) is 2.62. The van der Waals surface area contributed by atoms with E-state index in [2.05, 4.69) is 91.0 Å². The number of benzene rings is 3. The van der Waals surface area contributed by atoms with Crippen molar-refractivity contribution < 1.29 is 4.74 Å². The molecule has 3 rings (SSSR count). The van der Waals surface area contributed by atoms with E-state index >= 15 is 0 Å². The summed E-state index contributed by atoms with van der Waals surface area (Å²) in [6.45, 7) is 0. The summed E-state index contributed by atoms with van der Waals surface area (Å²) in [6.07, 6.45) is 0.713. The predicted octanol–water partition coefficient (Wildman–Crippen LogP) is 4.43. The molecule has 0 aliphatic carbocycles. The van der Waals surface area contributed by atoms with E-state index in [9.17, 15) is 0 Å². The van der Waals surface area contributed by atoms with Crippen molar-refractivity contribution in [1.29, 1.82) is 0 Å². The monoisotopic (exact) mass is 379 g/mol. The van der Waals surface area contributed by atoms with Gasteiger partial charge in [-0.2, -0.15) is 0 Å². The molecule has 0 fully saturated rings. The molecule has 4 heteroatoms. The van der Waals surface area contributed by atoms with E-state index in [1.54, 1.807) is 7.11 Å². The van der Waals surface area contributed by atoms with Crippen LogP contribution < -0.4 is 15.9 Å². The fourth-order valence-electron chi connectivity index (χ4n) is 2.91. The van der Waals surface area contributed by atoms with Gasteiger partial charge in [-0.1, -0.05) is 54.6 Å². The summed E-state index contributed by atoms with van der Waals surface area (Å²) in [5.41, 5.74) is 0. The van der Waals surface area contributed by atoms with Crippen LogP contribution in [0.25, 0.3) is 0 Å². The first kappa shape index (κ1) is 20.7. The van der Waals surface area contributed by atoms with Crippen LogP contribution in [0.3, 0.4) is 0 Å². The molecule has 0 amide bonds. The van der Waals surface area contributed by atoms with Crippen LogP contribution in [0, 0.1) is 0 Å². The molecule has 0 unspecified atom stereocenters. The largest absolute Gasteiger partial charge is 0.348 e. The van der Waals surface area contributed by atoms with E-state index in [1.165, 1.54) is 15.9 Å². The van der Waals surface area contributed by atoms with Crippen molar-refractivity contribution in [3.05, 3.63) is 91.0 Å². The van der Waals surface area contributed by atoms with Crippen molar-refractivity contribution in [3.63, 3.8) is 0 Å². The highest BCUT2D eigenvalue weighted by molar-refractivity contribution is 7.95. The van der Waals surface area contributed by atoms with E-state index in [4.69, 9.17) is 4.74 Å². The van der Waals surface area contributed by atoms with Gasteiger partial charge in [-0.15, -0.1) is 24.8 Å². The lowest BCUT2D eigenvalue weighted by atomic mass is 10.4. The van der Waals surface area contributed by atoms with Gasteiger partial charge in [0.25, 0.3) is 0 Å². The van der Waals surface area contributed by atoms with Gasteiger partial charge >= 0.3 is 0 Å². The molecule has 0 saturated carbocycles. The van der Waals surface area contributed by atoms with Gasteiger partial charge in [-0.25, -0.2) is 0 Å². The van der Waals surface area contributed by atoms with Crippen LogP contribution in [0.4, 0.5) is 0 Å². The lowest BCUT2D eigenvalue weighted by Crippen LogP contribution is -2.33. The average molecular weight is 380 g/mol. The second kappa shape index (κ2) is 9.81. The van der Waals surface area contributed by atoms with Crippen molar-refractivity contribution in [2.24, 2.45) is 0 Å². The Balaban J connectivity index is 0.00000144. The fraction of sp³-hybridized carbons (Fsp3) is 0.100. The number of ether oxygens (including phenoxy) is 1. The Kier molecular flexibility index (Phi) is 8.45. The standard InChI is InChI=1S/C20H20OP.2ClH/c1-21-17-22(18-11-5-2-6-12-18,19-13-7-3-8-14-19)20-15-9-4-10-16-20;;/h2-16H,17H2,1H3;2*1H/q+1;;. The van der Waals surface area contributed by atoms with Crippen LogP contribution in [-0.4, -0.2) is 13.5 Å². The summed E-state index contributed by atoms with van der Waals surface area (Å²) < 4.78 is 5.72. The molecule has 0 aromatic heterocycles. The number of methoxy groups -OCH3 is 1. The van der Waals surface area contributed by atoms with Crippen molar-refractivity contribution in [2.45, 2.75) is 0 Å². The number of hydrogen-bond acceptors (Lipinski definition) is 1. The lowest BCUT2D eigenvalue weighted by molar-refractivity contribution is 0.255. The van der Waals surface area contributed by atoms with Crippen LogP contribution in [0.15, 0.2) is 91.0 Å². The second-order valence-corrected chi connectivity index (χ2v) is 8.66. The normalized spacial score (nSPS) is 10.4. The van der Waals surface area contributed by atoms with Crippen LogP contribution in [-0.2, 0) is 4.74 Å². The first-order chi connectivity index (χ1) is 10.9. The number of halogens is 2. The molecule has 0 bridgehead atoms. The number of hydrogen-bond donors (Lipinski definition) is 0. The van der Waals surface area contributed by atoms with E-state index in [0.29, 0.717) is 6.35 Å². The smallest absolute Gasteiger partial charge is 0.170 e. The van der Waals surface area contributed by atoms with Crippen LogP contribution in [0.2, 0.25) is 0 Å². The lowest BCUT2D eigenvalue weighted by Gasteiger charge is -2.26. The summed E-state index contributed by atoms with van der Waals surface area (Å²) in [5, 5.41) is 4.07. The van der Waals surface area contributed by atoms with Gasteiger partial charge in [0.2, 0.25) is 0 Å². The molecule has 0 spiro atoms. The molecular formula is C20H22Cl2OP+. The molecule has 0 aliphatic rings. The van der Waals surface area contributed by atoms with Crippen LogP contribution in [0.5, 0.6) is 0 Å². The third kappa shape index (κ3) is 3.99. The highest BCUT2D eigenvalue weighted by atomic mass is 35.5. The second-order valence-electron chi connectivity index (χ2n) is 5.23. The first-order valence-corrected chi connectivity index (χ1v) is 9.39. The van der Waals surface area contributed by atoms with Crippen molar-refractivity contribution in [2.75, 3.05) is 13.5 Å². The van der Waals surface area contributed by atoms with E-state index in [1.807, 2.05) is 0 Å². The van der Waals surface area contributed by atoms with Crippen molar-refractivity contribution in [1.82, 2.24) is 0 Å². The Morgan fingerprint density at radius 1 is 0.583 bits per heavy atom. The first-order valence-electron chi connectivity index (χ1n) is 7.42. The molecule has 0 heterocycles. The SMILES string of the molecule is COC[P+](c1ccccc1)(c1ccccc1)c1ccccc1.Cl.Cl. The van der Waals surface area contributed by atoms with E-state index in [0.717, 1.165) is 0 Å². The summed E-state index contributed by atoms with van der Waals surface area (Å²) in [5.74, 6) is 0. The van der Waals surface area contributed by atoms with E-state index < -0.39 is 7.26 Å². The predicted molar refractivity (Wildman–Crippen MR) is 112 cm³/mol. The van der Waals surface area contributed by atoms with E-state index in [-0.39, 0.29) is 24.8 Å². The van der Waals surface area contributed by atoms with Gasteiger partial charge in [-0.3, -0.25) is 0 Å². The molecule has 1 nitrogen and oxygen atoms in total. The fourth-order valence-corrected chi connectivity index (χ4v) is 6.68. The zero-order valence-corrected chi connectivity index (χ0v) is 16.1. The number of rotatable bonds is 5. The topological polar surface area (TPSA) is 9.23 Å². The minimum absolute atomic E-state index is 0. The molecule has 3 aromatic rings. The van der Waals surface area contributed by atoms with Gasteiger partial charge in [0.15, 0.2) is 6.35 Å². The Morgan fingerprint density at radius 3 is 1.12 bits per heavy atom. The van der Waals surface area contributed by atoms with Gasteiger partial charge in [0.05, 0.1) is 0 Å². The molecule has 0 saturated heterocycles. The highest BCUT2D eigenvalue weighted by Gasteiger charge is 2.45. The van der Waals surface area contributed by atoms with Crippen LogP contribution >= 0.6 is 32.1 Å². The maximum Gasteiger partial charge on any atom is 0.170 e. The van der Waals surface area contributed by atoms with Gasteiger partial charge < -0.3 is 4.74 Å². The Bertz CT molecular complexity index is 609. The molecule has 0 atom stereocenters. The molecule has 0 N–H and O–H groups in total. The molecule has 24 heavy (non-hydrogen) atoms. The zero-order chi connectivity index (χ0) is 15.3. The quantitative estimate of drug-likeness (QED) is 0.595. The highest BCUT2D eigenvalue weighted by Crippen LogP contribution is 2.54. The molecule has 126 valence electrons. The van der Waals surface area contributed by atoms with Gasteiger partial charge in [-0.05, 0) is 36.4 Å². The summed E-state index contributed by atoms with van der Waals surface area (Å²) in [4.78, 5) is 0. The van der Waals surface area contributed by atoms with Crippen molar-refractivity contribution in [3.8, 4) is 0 Å². The molecule has 0 radical (unpaired) electrons. The Morgan fingerprint density at radius 2 is 0.875 bits per heavy atom. The zero-order valence-electron chi connectivity index (χ0n) is 13.5. The molecule has 0 aliphatic heterocycles. The third-order valence-electron chi connectivity index (χ3n) is 3.91. The third-order valence-corrected chi connectivity index (χ3v) is 8.10. The van der Waals surface area contributed by atoms with Gasteiger partial charge in [0, 0.05) is 7.11 Å². The summed E-state index contributed by atoms with van der Waals surface area (Å²) in [6, 6.07) is 32.3. The van der Waals surface area contributed by atoms with Crippen molar-refractivity contribution >= 4 is 48.0 Å². The maximum atomic E-state index is 5.72.